The number of aromatic nitrogens is 6. The van der Waals surface area contributed by atoms with Gasteiger partial charge in [-0.05, 0) is 18.2 Å². The summed E-state index contributed by atoms with van der Waals surface area (Å²) in [6.45, 7) is 4.12. The molecule has 1 aromatic carbocycles. The molecule has 3 aromatic rings. The van der Waals surface area contributed by atoms with Gasteiger partial charge < -0.3 is 10.2 Å². The third-order valence-electron chi connectivity index (χ3n) is 3.35. The normalized spacial score (nSPS) is 10.9. The van der Waals surface area contributed by atoms with Gasteiger partial charge in [0, 0.05) is 25.7 Å². The minimum atomic E-state index is 0.216. The van der Waals surface area contributed by atoms with Crippen molar-refractivity contribution >= 4 is 17.6 Å². The van der Waals surface area contributed by atoms with Crippen molar-refractivity contribution in [2.75, 3.05) is 24.3 Å². The highest BCUT2D eigenvalue weighted by Gasteiger charge is 2.11. The average Bonchev–Trinajstić information content (AvgIpc) is 3.09. The molecule has 2 aromatic heterocycles. The lowest BCUT2D eigenvalue weighted by Gasteiger charge is -2.15. The quantitative estimate of drug-likeness (QED) is 0.771. The Morgan fingerprint density at radius 1 is 1.12 bits per heavy atom. The Kier molecular flexibility index (Phi) is 4.37. The lowest BCUT2D eigenvalue weighted by Crippen LogP contribution is -2.16. The van der Waals surface area contributed by atoms with Crippen LogP contribution in [0.2, 0.25) is 0 Å². The van der Waals surface area contributed by atoms with E-state index in [1.165, 1.54) is 0 Å². The number of nitrogens with one attached hydrogen (secondary N) is 1. The summed E-state index contributed by atoms with van der Waals surface area (Å²) in [5.41, 5.74) is 1.78. The van der Waals surface area contributed by atoms with Gasteiger partial charge in [-0.25, -0.2) is 4.68 Å². The highest BCUT2D eigenvalue weighted by atomic mass is 15.4. The van der Waals surface area contributed by atoms with Gasteiger partial charge in [-0.15, -0.1) is 5.10 Å². The van der Waals surface area contributed by atoms with Crippen LogP contribution in [-0.2, 0) is 0 Å². The van der Waals surface area contributed by atoms with E-state index in [1.807, 2.05) is 43.3 Å². The van der Waals surface area contributed by atoms with Crippen LogP contribution < -0.4 is 10.2 Å². The first-order valence-corrected chi connectivity index (χ1v) is 7.70. The van der Waals surface area contributed by atoms with Crippen LogP contribution >= 0.6 is 0 Å². The Hall–Kier alpha value is -3.03. The van der Waals surface area contributed by atoms with E-state index in [1.54, 1.807) is 17.1 Å². The van der Waals surface area contributed by atoms with E-state index in [2.05, 4.69) is 44.4 Å². The summed E-state index contributed by atoms with van der Waals surface area (Å²) in [7, 11) is 3.82. The summed E-state index contributed by atoms with van der Waals surface area (Å²) in [6.07, 6.45) is 3.44. The molecule has 0 aliphatic rings. The van der Waals surface area contributed by atoms with Gasteiger partial charge in [0.05, 0.1) is 18.1 Å². The Morgan fingerprint density at radius 2 is 1.96 bits per heavy atom. The second-order valence-corrected chi connectivity index (χ2v) is 5.89. The molecule has 2 heterocycles. The molecule has 0 spiro atoms. The van der Waals surface area contributed by atoms with Crippen LogP contribution in [-0.4, -0.2) is 44.0 Å². The Balaban J connectivity index is 1.92. The van der Waals surface area contributed by atoms with Gasteiger partial charge in [0.25, 0.3) is 0 Å². The predicted molar refractivity (Wildman–Crippen MR) is 92.9 cm³/mol. The lowest BCUT2D eigenvalue weighted by molar-refractivity contribution is 0.757. The second kappa shape index (κ2) is 6.61. The summed E-state index contributed by atoms with van der Waals surface area (Å²) in [5, 5.41) is 11.1. The summed E-state index contributed by atoms with van der Waals surface area (Å²) in [5.74, 6) is 2.12. The molecule has 0 radical (unpaired) electrons. The van der Waals surface area contributed by atoms with E-state index < -0.39 is 0 Å². The standard InChI is InChI=1S/C16H20N8/c1-11(2)14-19-15(21-16(20-14)23(3)4)18-12-6-5-7-13(10-12)24-9-8-17-22-24/h5-11H,1-4H3,(H,18,19,20,21). The Labute approximate surface area is 140 Å². The van der Waals surface area contributed by atoms with Crippen LogP contribution in [0.1, 0.15) is 25.6 Å². The lowest BCUT2D eigenvalue weighted by atomic mass is 10.2. The van der Waals surface area contributed by atoms with Crippen LogP contribution in [0, 0.1) is 0 Å². The molecular weight excluding hydrogens is 304 g/mol. The summed E-state index contributed by atoms with van der Waals surface area (Å²) in [6, 6.07) is 7.81. The van der Waals surface area contributed by atoms with Crippen molar-refractivity contribution in [3.05, 3.63) is 42.5 Å². The topological polar surface area (TPSA) is 84.7 Å². The third kappa shape index (κ3) is 3.48. The number of rotatable bonds is 5. The minimum Gasteiger partial charge on any atom is -0.347 e. The first-order chi connectivity index (χ1) is 11.5. The molecule has 0 amide bonds. The molecule has 1 N–H and O–H groups in total. The monoisotopic (exact) mass is 324 g/mol. The molecule has 0 atom stereocenters. The maximum atomic E-state index is 4.51. The van der Waals surface area contributed by atoms with Crippen molar-refractivity contribution in [2.45, 2.75) is 19.8 Å². The fourth-order valence-electron chi connectivity index (χ4n) is 2.10. The molecule has 0 aliphatic heterocycles. The first-order valence-electron chi connectivity index (χ1n) is 7.70. The number of anilines is 3. The van der Waals surface area contributed by atoms with Gasteiger partial charge in [0.2, 0.25) is 11.9 Å². The van der Waals surface area contributed by atoms with E-state index in [4.69, 9.17) is 0 Å². The second-order valence-electron chi connectivity index (χ2n) is 5.89. The molecule has 8 nitrogen and oxygen atoms in total. The molecule has 24 heavy (non-hydrogen) atoms. The first kappa shape index (κ1) is 15.9. The van der Waals surface area contributed by atoms with Crippen molar-refractivity contribution < 1.29 is 0 Å². The third-order valence-corrected chi connectivity index (χ3v) is 3.35. The molecular formula is C16H20N8. The van der Waals surface area contributed by atoms with Gasteiger partial charge >= 0.3 is 0 Å². The maximum absolute atomic E-state index is 4.51. The fourth-order valence-corrected chi connectivity index (χ4v) is 2.10. The average molecular weight is 324 g/mol. The highest BCUT2D eigenvalue weighted by Crippen LogP contribution is 2.20. The van der Waals surface area contributed by atoms with Crippen LogP contribution in [0.3, 0.4) is 0 Å². The summed E-state index contributed by atoms with van der Waals surface area (Å²) in [4.78, 5) is 15.3. The van der Waals surface area contributed by atoms with Gasteiger partial charge in [-0.1, -0.05) is 25.1 Å². The number of hydrogen-bond donors (Lipinski definition) is 1. The predicted octanol–water partition coefficient (Wildman–Crippen LogP) is 2.39. The molecule has 0 saturated heterocycles. The molecule has 0 saturated carbocycles. The zero-order valence-electron chi connectivity index (χ0n) is 14.2. The van der Waals surface area contributed by atoms with E-state index in [0.717, 1.165) is 17.2 Å². The Morgan fingerprint density at radius 3 is 2.62 bits per heavy atom. The number of hydrogen-bond acceptors (Lipinski definition) is 7. The highest BCUT2D eigenvalue weighted by molar-refractivity contribution is 5.58. The van der Waals surface area contributed by atoms with Gasteiger partial charge in [0.1, 0.15) is 5.82 Å². The van der Waals surface area contributed by atoms with Gasteiger partial charge in [0.15, 0.2) is 0 Å². The SMILES string of the molecule is CC(C)c1nc(Nc2cccc(-n3ccnn3)c2)nc(N(C)C)n1. The van der Waals surface area contributed by atoms with Crippen LogP contribution in [0.15, 0.2) is 36.7 Å². The van der Waals surface area contributed by atoms with Crippen molar-refractivity contribution in [3.8, 4) is 5.69 Å². The summed E-state index contributed by atoms with van der Waals surface area (Å²) < 4.78 is 1.70. The van der Waals surface area contributed by atoms with E-state index >= 15 is 0 Å². The van der Waals surface area contributed by atoms with Crippen molar-refractivity contribution in [3.63, 3.8) is 0 Å². The van der Waals surface area contributed by atoms with E-state index in [-0.39, 0.29) is 5.92 Å². The molecule has 0 bridgehead atoms. The van der Waals surface area contributed by atoms with Crippen molar-refractivity contribution in [1.82, 2.24) is 29.9 Å². The van der Waals surface area contributed by atoms with Gasteiger partial charge in [-0.2, -0.15) is 15.0 Å². The van der Waals surface area contributed by atoms with Crippen LogP contribution in [0.25, 0.3) is 5.69 Å². The maximum Gasteiger partial charge on any atom is 0.232 e. The Bertz CT molecular complexity index is 784. The largest absolute Gasteiger partial charge is 0.347 e. The smallest absolute Gasteiger partial charge is 0.232 e. The van der Waals surface area contributed by atoms with Crippen LogP contribution in [0.5, 0.6) is 0 Å². The number of nitrogens with zero attached hydrogens (tertiary/aromatic N) is 7. The zero-order valence-corrected chi connectivity index (χ0v) is 14.2. The minimum absolute atomic E-state index is 0.216. The van der Waals surface area contributed by atoms with Crippen LogP contribution in [0.4, 0.5) is 17.6 Å². The summed E-state index contributed by atoms with van der Waals surface area (Å²) >= 11 is 0. The fraction of sp³-hybridized carbons (Fsp3) is 0.312. The molecule has 3 rings (SSSR count). The molecule has 124 valence electrons. The molecule has 0 fully saturated rings. The molecule has 0 unspecified atom stereocenters. The van der Waals surface area contributed by atoms with E-state index in [0.29, 0.717) is 11.9 Å². The van der Waals surface area contributed by atoms with Crippen molar-refractivity contribution in [2.24, 2.45) is 0 Å². The number of benzene rings is 1. The zero-order chi connectivity index (χ0) is 17.1. The van der Waals surface area contributed by atoms with E-state index in [9.17, 15) is 0 Å². The molecule has 8 heteroatoms. The van der Waals surface area contributed by atoms with Crippen molar-refractivity contribution in [1.29, 1.82) is 0 Å². The molecule has 0 aliphatic carbocycles. The van der Waals surface area contributed by atoms with Gasteiger partial charge in [-0.3, -0.25) is 0 Å².